The molecule has 0 bridgehead atoms. The number of nitrogens with one attached hydrogen (secondary N) is 1. The lowest BCUT2D eigenvalue weighted by atomic mass is 9.95. The van der Waals surface area contributed by atoms with E-state index in [1.54, 1.807) is 12.3 Å². The second-order valence-electron chi connectivity index (χ2n) is 5.29. The quantitative estimate of drug-likeness (QED) is 0.797. The van der Waals surface area contributed by atoms with Crippen molar-refractivity contribution in [3.63, 3.8) is 0 Å². The fraction of sp³-hybridized carbons (Fsp3) is 0.188. The van der Waals surface area contributed by atoms with Crippen LogP contribution in [0.1, 0.15) is 29.9 Å². The van der Waals surface area contributed by atoms with E-state index in [4.69, 9.17) is 9.78 Å². The summed E-state index contributed by atoms with van der Waals surface area (Å²) in [5.74, 6) is 1.17. The number of hydrogen-bond acceptors (Lipinski definition) is 4. The molecule has 1 aliphatic rings. The molecule has 4 rings (SSSR count). The summed E-state index contributed by atoms with van der Waals surface area (Å²) in [5, 5.41) is 13.0. The first-order valence-electron chi connectivity index (χ1n) is 6.80. The summed E-state index contributed by atoms with van der Waals surface area (Å²) in [6.07, 6.45) is 3.77. The van der Waals surface area contributed by atoms with Crippen LogP contribution in [0.25, 0.3) is 11.5 Å². The Morgan fingerprint density at radius 1 is 1.24 bits per heavy atom. The Bertz CT molecular complexity index is 821. The molecular weight excluding hydrogens is 264 g/mol. The number of aromatic amines is 1. The highest BCUT2D eigenvalue weighted by atomic mass is 16.5. The molecule has 21 heavy (non-hydrogen) atoms. The highest BCUT2D eigenvalue weighted by molar-refractivity contribution is 5.55. The van der Waals surface area contributed by atoms with E-state index in [1.807, 2.05) is 24.3 Å². The molecule has 0 saturated heterocycles. The smallest absolute Gasteiger partial charge is 0.259 e. The molecule has 0 aliphatic heterocycles. The third-order valence-electron chi connectivity index (χ3n) is 3.98. The lowest BCUT2D eigenvalue weighted by Crippen LogP contribution is -2.10. The lowest BCUT2D eigenvalue weighted by molar-refractivity contribution is 0.418. The summed E-state index contributed by atoms with van der Waals surface area (Å²) in [7, 11) is 0. The minimum Gasteiger partial charge on any atom is -0.352 e. The Morgan fingerprint density at radius 2 is 2.05 bits per heavy atom. The van der Waals surface area contributed by atoms with E-state index < -0.39 is 0 Å². The molecule has 5 nitrogen and oxygen atoms in total. The molecule has 2 heterocycles. The van der Waals surface area contributed by atoms with Gasteiger partial charge < -0.3 is 9.51 Å². The molecule has 0 atom stereocenters. The highest BCUT2D eigenvalue weighted by Crippen LogP contribution is 2.52. The molecule has 0 spiro atoms. The summed E-state index contributed by atoms with van der Waals surface area (Å²) >= 11 is 0. The Morgan fingerprint density at radius 3 is 2.71 bits per heavy atom. The van der Waals surface area contributed by atoms with Crippen LogP contribution in [0.4, 0.5) is 0 Å². The minimum atomic E-state index is -0.0998. The van der Waals surface area contributed by atoms with E-state index in [0.29, 0.717) is 11.6 Å². The molecule has 1 aliphatic carbocycles. The van der Waals surface area contributed by atoms with Crippen molar-refractivity contribution in [2.75, 3.05) is 0 Å². The molecule has 3 aromatic rings. The van der Waals surface area contributed by atoms with E-state index >= 15 is 0 Å². The van der Waals surface area contributed by atoms with Crippen LogP contribution in [0.3, 0.4) is 0 Å². The molecule has 1 saturated carbocycles. The zero-order valence-electron chi connectivity index (χ0n) is 11.2. The summed E-state index contributed by atoms with van der Waals surface area (Å²) < 4.78 is 5.37. The number of nitrogens with zero attached hydrogens (tertiary/aromatic N) is 3. The maximum atomic E-state index is 8.84. The van der Waals surface area contributed by atoms with Gasteiger partial charge in [-0.25, -0.2) is 0 Å². The van der Waals surface area contributed by atoms with Gasteiger partial charge in [0.25, 0.3) is 5.89 Å². The average Bonchev–Trinajstić information content (AvgIpc) is 2.99. The van der Waals surface area contributed by atoms with Crippen LogP contribution in [0, 0.1) is 11.3 Å². The van der Waals surface area contributed by atoms with Gasteiger partial charge >= 0.3 is 0 Å². The maximum absolute atomic E-state index is 8.84. The molecule has 102 valence electrons. The maximum Gasteiger partial charge on any atom is 0.259 e. The van der Waals surface area contributed by atoms with Gasteiger partial charge in [0.05, 0.1) is 11.0 Å². The molecule has 0 radical (unpaired) electrons. The number of benzene rings is 1. The van der Waals surface area contributed by atoms with Crippen LogP contribution in [-0.4, -0.2) is 15.1 Å². The van der Waals surface area contributed by atoms with Gasteiger partial charge in [-0.2, -0.15) is 10.2 Å². The summed E-state index contributed by atoms with van der Waals surface area (Å²) in [6, 6.07) is 14.0. The molecule has 1 N–H and O–H groups in total. The van der Waals surface area contributed by atoms with Crippen molar-refractivity contribution in [3.05, 3.63) is 59.7 Å². The van der Waals surface area contributed by atoms with Crippen LogP contribution in [0.15, 0.2) is 47.1 Å². The van der Waals surface area contributed by atoms with Gasteiger partial charge in [0.2, 0.25) is 0 Å². The van der Waals surface area contributed by atoms with E-state index in [9.17, 15) is 0 Å². The standard InChI is InChI=1S/C16H12N4O/c17-9-13-8-11(10-18-13)14-19-15(20-21-14)16(6-7-16)12-4-2-1-3-5-12/h1-5,8,10,18H,6-7H2. The lowest BCUT2D eigenvalue weighted by Gasteiger charge is -2.09. The first kappa shape index (κ1) is 11.9. The normalized spacial score (nSPS) is 15.6. The Labute approximate surface area is 121 Å². The zero-order valence-corrected chi connectivity index (χ0v) is 11.2. The highest BCUT2D eigenvalue weighted by Gasteiger charge is 2.49. The monoisotopic (exact) mass is 276 g/mol. The predicted molar refractivity (Wildman–Crippen MR) is 75.3 cm³/mol. The molecule has 0 unspecified atom stereocenters. The summed E-state index contributed by atoms with van der Waals surface area (Å²) in [6.45, 7) is 0. The predicted octanol–water partition coefficient (Wildman–Crippen LogP) is 3.02. The van der Waals surface area contributed by atoms with E-state index in [0.717, 1.165) is 24.2 Å². The second-order valence-corrected chi connectivity index (χ2v) is 5.29. The van der Waals surface area contributed by atoms with E-state index in [-0.39, 0.29) is 5.41 Å². The van der Waals surface area contributed by atoms with E-state index in [1.165, 1.54) is 5.56 Å². The van der Waals surface area contributed by atoms with Crippen LogP contribution in [-0.2, 0) is 5.41 Å². The summed E-state index contributed by atoms with van der Waals surface area (Å²) in [5.41, 5.74) is 2.35. The Hall–Kier alpha value is -2.87. The number of aromatic nitrogens is 3. The molecule has 1 fully saturated rings. The largest absolute Gasteiger partial charge is 0.352 e. The van der Waals surface area contributed by atoms with Gasteiger partial charge in [-0.1, -0.05) is 35.5 Å². The average molecular weight is 276 g/mol. The number of rotatable bonds is 3. The fourth-order valence-electron chi connectivity index (χ4n) is 2.64. The van der Waals surface area contributed by atoms with Gasteiger partial charge in [-0.3, -0.25) is 0 Å². The van der Waals surface area contributed by atoms with Crippen molar-refractivity contribution in [3.8, 4) is 17.5 Å². The van der Waals surface area contributed by atoms with Crippen LogP contribution in [0.2, 0.25) is 0 Å². The number of nitriles is 1. The second kappa shape index (κ2) is 4.32. The summed E-state index contributed by atoms with van der Waals surface area (Å²) in [4.78, 5) is 7.39. The van der Waals surface area contributed by atoms with Crippen molar-refractivity contribution < 1.29 is 4.52 Å². The van der Waals surface area contributed by atoms with Gasteiger partial charge in [-0.15, -0.1) is 0 Å². The van der Waals surface area contributed by atoms with Crippen LogP contribution in [0.5, 0.6) is 0 Å². The molecule has 1 aromatic carbocycles. The van der Waals surface area contributed by atoms with Gasteiger partial charge in [0, 0.05) is 6.20 Å². The van der Waals surface area contributed by atoms with Crippen molar-refractivity contribution in [1.82, 2.24) is 15.1 Å². The third-order valence-corrected chi connectivity index (χ3v) is 3.98. The van der Waals surface area contributed by atoms with Crippen LogP contribution < -0.4 is 0 Å². The van der Waals surface area contributed by atoms with Crippen LogP contribution >= 0.6 is 0 Å². The fourth-order valence-corrected chi connectivity index (χ4v) is 2.64. The van der Waals surface area contributed by atoms with Gasteiger partial charge in [0.15, 0.2) is 5.82 Å². The number of hydrogen-bond donors (Lipinski definition) is 1. The zero-order chi connectivity index (χ0) is 14.3. The molecule has 0 amide bonds. The van der Waals surface area contributed by atoms with Gasteiger partial charge in [0.1, 0.15) is 11.8 Å². The molecule has 2 aromatic heterocycles. The first-order valence-corrected chi connectivity index (χ1v) is 6.80. The van der Waals surface area contributed by atoms with E-state index in [2.05, 4.69) is 27.3 Å². The van der Waals surface area contributed by atoms with Crippen molar-refractivity contribution >= 4 is 0 Å². The van der Waals surface area contributed by atoms with Crippen molar-refractivity contribution in [1.29, 1.82) is 5.26 Å². The number of H-pyrrole nitrogens is 1. The Kier molecular flexibility index (Phi) is 2.45. The Balaban J connectivity index is 1.71. The third kappa shape index (κ3) is 1.84. The minimum absolute atomic E-state index is 0.0998. The van der Waals surface area contributed by atoms with Gasteiger partial charge in [-0.05, 0) is 24.5 Å². The topological polar surface area (TPSA) is 78.5 Å². The molecule has 5 heteroatoms. The van der Waals surface area contributed by atoms with Crippen molar-refractivity contribution in [2.24, 2.45) is 0 Å². The SMILES string of the molecule is N#Cc1cc(-c2nc(C3(c4ccccc4)CC3)no2)c[nH]1. The van der Waals surface area contributed by atoms with Crippen molar-refractivity contribution in [2.45, 2.75) is 18.3 Å². The first-order chi connectivity index (χ1) is 10.3. The molecular formula is C16H12N4O.